The minimum absolute atomic E-state index is 0.0581. The summed E-state index contributed by atoms with van der Waals surface area (Å²) in [5.74, 6) is -2.98. The number of sulfonamides is 1. The van der Waals surface area contributed by atoms with Crippen molar-refractivity contribution < 1.29 is 27.9 Å². The molecule has 0 bridgehead atoms. The van der Waals surface area contributed by atoms with Crippen LogP contribution in [0, 0.1) is 5.41 Å². The minimum Gasteiger partial charge on any atom is -0.478 e. The number of amides is 2. The van der Waals surface area contributed by atoms with Gasteiger partial charge in [-0.3, -0.25) is 15.0 Å². The lowest BCUT2D eigenvalue weighted by Gasteiger charge is -2.24. The Labute approximate surface area is 291 Å². The van der Waals surface area contributed by atoms with E-state index < -0.39 is 45.6 Å². The highest BCUT2D eigenvalue weighted by atomic mass is 32.2. The lowest BCUT2D eigenvalue weighted by molar-refractivity contribution is -0.130. The monoisotopic (exact) mass is 698 g/mol. The minimum atomic E-state index is -4.14. The number of benzene rings is 4. The second-order valence-electron chi connectivity index (χ2n) is 11.9. The number of hydrogen-bond acceptors (Lipinski definition) is 7. The number of nitrogens with two attached hydrogens (primary N) is 2. The number of hydrogen-bond donors (Lipinski definition) is 7. The molecule has 0 spiro atoms. The van der Waals surface area contributed by atoms with E-state index in [0.29, 0.717) is 18.4 Å². The summed E-state index contributed by atoms with van der Waals surface area (Å²) in [5.41, 5.74) is 15.5. The van der Waals surface area contributed by atoms with Gasteiger partial charge in [-0.05, 0) is 59.2 Å². The molecule has 0 aliphatic rings. The van der Waals surface area contributed by atoms with E-state index >= 15 is 0 Å². The number of aryl methyl sites for hydroxylation is 1. The third-order valence-corrected chi connectivity index (χ3v) is 9.36. The molecule has 0 aliphatic carbocycles. The highest BCUT2D eigenvalue weighted by Gasteiger charge is 2.29. The van der Waals surface area contributed by atoms with Crippen LogP contribution in [0.3, 0.4) is 0 Å². The SMILES string of the molecule is N=C(N)c1ccc(CNC(=O)C(Cc2cccc(CN)c2)NC(=O)[C@@H](CCCc2ccccc2)NS(=O)(=O)Cc2cccc(C(=O)O)c2)cc1. The first-order valence-electron chi connectivity index (χ1n) is 16.1. The molecule has 50 heavy (non-hydrogen) atoms. The van der Waals surface area contributed by atoms with E-state index in [-0.39, 0.29) is 42.9 Å². The third-order valence-electron chi connectivity index (χ3n) is 8.00. The van der Waals surface area contributed by atoms with Gasteiger partial charge in [0.15, 0.2) is 0 Å². The zero-order chi connectivity index (χ0) is 36.1. The normalized spacial score (nSPS) is 12.4. The number of nitrogens with one attached hydrogen (secondary N) is 4. The predicted octanol–water partition coefficient (Wildman–Crippen LogP) is 2.98. The van der Waals surface area contributed by atoms with Crippen molar-refractivity contribution in [2.75, 3.05) is 0 Å². The van der Waals surface area contributed by atoms with Gasteiger partial charge in [0, 0.05) is 25.1 Å². The van der Waals surface area contributed by atoms with E-state index in [4.69, 9.17) is 16.9 Å². The summed E-state index contributed by atoms with van der Waals surface area (Å²) in [7, 11) is -4.14. The van der Waals surface area contributed by atoms with Gasteiger partial charge < -0.3 is 27.2 Å². The van der Waals surface area contributed by atoms with Crippen molar-refractivity contribution in [3.63, 3.8) is 0 Å². The van der Waals surface area contributed by atoms with Gasteiger partial charge in [-0.15, -0.1) is 0 Å². The van der Waals surface area contributed by atoms with Crippen LogP contribution in [-0.4, -0.2) is 49.2 Å². The molecule has 0 radical (unpaired) electrons. The van der Waals surface area contributed by atoms with Crippen molar-refractivity contribution in [3.8, 4) is 0 Å². The van der Waals surface area contributed by atoms with Gasteiger partial charge in [0.2, 0.25) is 21.8 Å². The van der Waals surface area contributed by atoms with Crippen molar-refractivity contribution in [2.24, 2.45) is 11.5 Å². The summed E-state index contributed by atoms with van der Waals surface area (Å²) in [6.07, 6.45) is 1.30. The molecule has 0 saturated carbocycles. The van der Waals surface area contributed by atoms with Crippen LogP contribution in [-0.2, 0) is 51.3 Å². The molecule has 262 valence electrons. The smallest absolute Gasteiger partial charge is 0.335 e. The zero-order valence-corrected chi connectivity index (χ0v) is 28.3. The maximum Gasteiger partial charge on any atom is 0.335 e. The van der Waals surface area contributed by atoms with E-state index in [1.54, 1.807) is 24.3 Å². The molecular formula is C37H42N6O6S. The van der Waals surface area contributed by atoms with Gasteiger partial charge in [0.1, 0.15) is 17.9 Å². The number of rotatable bonds is 18. The Morgan fingerprint density at radius 2 is 1.40 bits per heavy atom. The Balaban J connectivity index is 1.55. The maximum absolute atomic E-state index is 13.9. The number of aromatic carboxylic acids is 1. The Hall–Kier alpha value is -5.37. The fraction of sp³-hybridized carbons (Fsp3) is 0.243. The molecule has 0 saturated heterocycles. The summed E-state index contributed by atoms with van der Waals surface area (Å²) in [4.78, 5) is 39.0. The number of carbonyl (C=O) groups is 3. The van der Waals surface area contributed by atoms with Crippen molar-refractivity contribution in [1.82, 2.24) is 15.4 Å². The van der Waals surface area contributed by atoms with Crippen LogP contribution in [0.15, 0.2) is 103 Å². The maximum atomic E-state index is 13.9. The second-order valence-corrected chi connectivity index (χ2v) is 13.7. The van der Waals surface area contributed by atoms with Crippen molar-refractivity contribution in [1.29, 1.82) is 5.41 Å². The van der Waals surface area contributed by atoms with Crippen LogP contribution in [0.1, 0.15) is 56.6 Å². The molecular weight excluding hydrogens is 657 g/mol. The molecule has 9 N–H and O–H groups in total. The van der Waals surface area contributed by atoms with Crippen molar-refractivity contribution >= 4 is 33.6 Å². The Bertz CT molecular complexity index is 1900. The molecule has 2 atom stereocenters. The fourth-order valence-electron chi connectivity index (χ4n) is 5.39. The van der Waals surface area contributed by atoms with Gasteiger partial charge in [-0.1, -0.05) is 91.0 Å². The largest absolute Gasteiger partial charge is 0.478 e. The summed E-state index contributed by atoms with van der Waals surface area (Å²) in [6.45, 7) is 0.419. The van der Waals surface area contributed by atoms with Crippen LogP contribution in [0.5, 0.6) is 0 Å². The summed E-state index contributed by atoms with van der Waals surface area (Å²) >= 11 is 0. The van der Waals surface area contributed by atoms with Crippen LogP contribution in [0.25, 0.3) is 0 Å². The fourth-order valence-corrected chi connectivity index (χ4v) is 6.75. The van der Waals surface area contributed by atoms with Gasteiger partial charge >= 0.3 is 5.97 Å². The number of carboxylic acid groups (broad SMARTS) is 1. The molecule has 4 aromatic carbocycles. The van der Waals surface area contributed by atoms with Crippen LogP contribution < -0.4 is 26.8 Å². The zero-order valence-electron chi connectivity index (χ0n) is 27.5. The first kappa shape index (κ1) is 37.4. The molecule has 0 aromatic heterocycles. The summed E-state index contributed by atoms with van der Waals surface area (Å²) in [6, 6.07) is 27.0. The van der Waals surface area contributed by atoms with E-state index in [0.717, 1.165) is 22.3 Å². The third kappa shape index (κ3) is 11.7. The van der Waals surface area contributed by atoms with Crippen LogP contribution >= 0.6 is 0 Å². The van der Waals surface area contributed by atoms with E-state index in [9.17, 15) is 27.9 Å². The van der Waals surface area contributed by atoms with E-state index in [1.807, 2.05) is 54.6 Å². The Morgan fingerprint density at radius 3 is 2.08 bits per heavy atom. The quantitative estimate of drug-likeness (QED) is 0.0604. The second kappa shape index (κ2) is 17.9. The number of carboxylic acids is 1. The average Bonchev–Trinajstić information content (AvgIpc) is 3.10. The van der Waals surface area contributed by atoms with Crippen LogP contribution in [0.2, 0.25) is 0 Å². The molecule has 4 rings (SSSR count). The summed E-state index contributed by atoms with van der Waals surface area (Å²) in [5, 5.41) is 22.6. The number of carbonyl (C=O) groups excluding carboxylic acids is 2. The number of nitrogen functional groups attached to an aromatic ring is 1. The van der Waals surface area contributed by atoms with Gasteiger partial charge in [-0.25, -0.2) is 17.9 Å². The van der Waals surface area contributed by atoms with Crippen molar-refractivity contribution in [2.45, 2.75) is 56.6 Å². The molecule has 1 unspecified atom stereocenters. The molecule has 0 aliphatic heterocycles. The highest BCUT2D eigenvalue weighted by molar-refractivity contribution is 7.88. The van der Waals surface area contributed by atoms with E-state index in [1.165, 1.54) is 24.3 Å². The highest BCUT2D eigenvalue weighted by Crippen LogP contribution is 2.14. The van der Waals surface area contributed by atoms with Gasteiger partial charge in [-0.2, -0.15) is 0 Å². The topological polar surface area (TPSA) is 218 Å². The Morgan fingerprint density at radius 1 is 0.740 bits per heavy atom. The first-order valence-corrected chi connectivity index (χ1v) is 17.7. The molecule has 4 aromatic rings. The van der Waals surface area contributed by atoms with E-state index in [2.05, 4.69) is 15.4 Å². The van der Waals surface area contributed by atoms with Gasteiger partial charge in [0.05, 0.1) is 11.3 Å². The lowest BCUT2D eigenvalue weighted by Crippen LogP contribution is -2.54. The molecule has 13 heteroatoms. The van der Waals surface area contributed by atoms with Crippen LogP contribution in [0.4, 0.5) is 0 Å². The molecule has 0 heterocycles. The molecule has 0 fully saturated rings. The molecule has 2 amide bonds. The predicted molar refractivity (Wildman–Crippen MR) is 192 cm³/mol. The lowest BCUT2D eigenvalue weighted by atomic mass is 10.0. The number of amidine groups is 1. The average molecular weight is 699 g/mol. The Kier molecular flexibility index (Phi) is 13.4. The van der Waals surface area contributed by atoms with Gasteiger partial charge in [0.25, 0.3) is 0 Å². The van der Waals surface area contributed by atoms with Crippen molar-refractivity contribution in [3.05, 3.63) is 142 Å². The standard InChI is InChI=1S/C37H42N6O6S/c38-22-28-11-4-10-27(19-28)21-33(35(44)41-23-26-15-17-30(18-16-26)34(39)40)42-36(45)32(14-6-9-25-7-2-1-3-8-25)43-50(48,49)24-29-12-5-13-31(20-29)37(46)47/h1-5,7-8,10-13,15-20,32-33,43H,6,9,14,21-24,38H2,(H3,39,40)(H,41,44)(H,42,45)(H,46,47)/t32-,33?/m1/s1. The summed E-state index contributed by atoms with van der Waals surface area (Å²) < 4.78 is 29.3. The first-order chi connectivity index (χ1) is 23.9. The molecule has 12 nitrogen and oxygen atoms in total.